The number of rotatable bonds is 27. The van der Waals surface area contributed by atoms with Crippen LogP contribution in [0.5, 0.6) is 0 Å². The molecule has 0 saturated carbocycles. The van der Waals surface area contributed by atoms with E-state index in [-0.39, 0.29) is 44.7 Å². The fraction of sp³-hybridized carbons (Fsp3) is 0.723. The molecule has 2 saturated heterocycles. The lowest BCUT2D eigenvalue weighted by molar-refractivity contribution is -0.148. The van der Waals surface area contributed by atoms with Gasteiger partial charge in [0.05, 0.1) is 37.9 Å². The molecule has 26 nitrogen and oxygen atoms in total. The van der Waals surface area contributed by atoms with Gasteiger partial charge in [-0.2, -0.15) is 0 Å². The number of amides is 9. The number of carbonyl (C=O) groups excluding carboxylic acids is 10. The lowest BCUT2D eigenvalue weighted by Gasteiger charge is -2.36. The van der Waals surface area contributed by atoms with Crippen molar-refractivity contribution in [3.63, 3.8) is 0 Å². The average Bonchev–Trinajstić information content (AvgIpc) is 3.84. The van der Waals surface area contributed by atoms with Gasteiger partial charge in [-0.15, -0.1) is 0 Å². The second-order valence-corrected chi connectivity index (χ2v) is 17.8. The van der Waals surface area contributed by atoms with E-state index in [2.05, 4.69) is 31.9 Å². The van der Waals surface area contributed by atoms with Gasteiger partial charge >= 0.3 is 17.9 Å². The number of piperidine rings is 1. The van der Waals surface area contributed by atoms with E-state index < -0.39 is 151 Å². The third kappa shape index (κ3) is 22.3. The molecule has 2 aliphatic rings. The Morgan fingerprint density at radius 1 is 0.562 bits per heavy atom. The Morgan fingerprint density at radius 2 is 1.08 bits per heavy atom. The maximum atomic E-state index is 14.0. The predicted octanol–water partition coefficient (Wildman–Crippen LogP) is -1.75. The molecule has 0 spiro atoms. The summed E-state index contributed by atoms with van der Waals surface area (Å²) in [4.78, 5) is 168. The van der Waals surface area contributed by atoms with Gasteiger partial charge in [-0.05, 0) is 64.8 Å². The molecular formula is C47H80N10O16. The lowest BCUT2D eigenvalue weighted by Crippen LogP contribution is -2.61. The number of likely N-dealkylation sites (N-methyl/N-ethyl adjacent to an activating group) is 1. The van der Waals surface area contributed by atoms with E-state index in [1.54, 1.807) is 41.7 Å². The first kappa shape index (κ1) is 66.3. The van der Waals surface area contributed by atoms with Gasteiger partial charge in [-0.25, -0.2) is 0 Å². The Kier molecular flexibility index (Phi) is 30.7. The molecule has 0 aromatic carbocycles. The number of carbonyl (C=O) groups is 13. The highest BCUT2D eigenvalue weighted by atomic mass is 16.4. The summed E-state index contributed by atoms with van der Waals surface area (Å²) in [7, 11) is 1.58. The summed E-state index contributed by atoms with van der Waals surface area (Å²) in [5.41, 5.74) is 0. The standard InChI is InChI=1S/C43H68N10O16.2C2H6/c1-21(2)34(49-29(55)18-44-7)40(65)50-35(22(3)4)42(67)53-14-10-12-28(53)38(63)46-23(5)15-31(57)52-13-9-8-11-27(52)39(64)51-36(24(6)43(68)69)41(66)48-26(17-33(60)61)37(62)45-19-30(56)47-25(20-54)16-32(58)59;2*1-2/h20-28,34-36,44H,8-19H2,1-7H3,(H,45,62)(H,46,63)(H,47,56)(H,48,66)(H,49,55)(H,50,65)(H,51,64)(H,58,59)(H,60,61)(H,68,69);2*1-2H3. The molecule has 9 atom stereocenters. The number of carboxylic acids is 3. The van der Waals surface area contributed by atoms with Gasteiger partial charge in [-0.3, -0.25) is 57.5 Å². The van der Waals surface area contributed by atoms with Crippen LogP contribution in [0.25, 0.3) is 0 Å². The van der Waals surface area contributed by atoms with E-state index >= 15 is 0 Å². The van der Waals surface area contributed by atoms with Crippen molar-refractivity contribution >= 4 is 77.4 Å². The molecule has 0 aromatic rings. The third-order valence-corrected chi connectivity index (χ3v) is 11.5. The topological polar surface area (TPSA) is 385 Å². The van der Waals surface area contributed by atoms with Crippen LogP contribution in [0.3, 0.4) is 0 Å². The number of nitrogens with zero attached hydrogens (tertiary/aromatic N) is 2. The molecule has 0 bridgehead atoms. The zero-order valence-electron chi connectivity index (χ0n) is 44.0. The number of likely N-dealkylation sites (tertiary alicyclic amines) is 2. The molecule has 9 unspecified atom stereocenters. The van der Waals surface area contributed by atoms with Gasteiger partial charge in [0, 0.05) is 25.6 Å². The average molecular weight is 1040 g/mol. The molecule has 414 valence electrons. The highest BCUT2D eigenvalue weighted by Gasteiger charge is 2.42. The summed E-state index contributed by atoms with van der Waals surface area (Å²) in [5, 5.41) is 47.6. The van der Waals surface area contributed by atoms with E-state index in [9.17, 15) is 72.5 Å². The van der Waals surface area contributed by atoms with Crippen molar-refractivity contribution in [3.8, 4) is 0 Å². The molecule has 0 aliphatic carbocycles. The van der Waals surface area contributed by atoms with Crippen molar-refractivity contribution in [1.82, 2.24) is 52.3 Å². The molecule has 26 heteroatoms. The van der Waals surface area contributed by atoms with Gasteiger partial charge in [-0.1, -0.05) is 55.4 Å². The first-order valence-corrected chi connectivity index (χ1v) is 24.8. The van der Waals surface area contributed by atoms with Crippen LogP contribution in [-0.4, -0.2) is 184 Å². The summed E-state index contributed by atoms with van der Waals surface area (Å²) in [5.74, 6) is -14.1. The van der Waals surface area contributed by atoms with Gasteiger partial charge in [0.2, 0.25) is 53.2 Å². The van der Waals surface area contributed by atoms with Crippen LogP contribution in [0.15, 0.2) is 0 Å². The number of hydrogen-bond acceptors (Lipinski definition) is 14. The number of aldehydes is 1. The van der Waals surface area contributed by atoms with Crippen LogP contribution in [0, 0.1) is 17.8 Å². The Labute approximate surface area is 426 Å². The van der Waals surface area contributed by atoms with E-state index in [1.165, 1.54) is 9.80 Å². The zero-order chi connectivity index (χ0) is 56.3. The zero-order valence-corrected chi connectivity index (χ0v) is 44.0. The smallest absolute Gasteiger partial charge is 0.308 e. The SMILES string of the molecule is CC.CC.CNCC(=O)NC(C(=O)NC(C(=O)N1CCCC1C(=O)NC(C)CC(=O)N1CCCCC1C(=O)NC(C(=O)NC(CC(=O)O)C(=O)NCC(=O)NC(C=O)CC(=O)O)C(C)C(=O)O)C(C)C)C(C)C. The molecule has 2 fully saturated rings. The minimum Gasteiger partial charge on any atom is -0.481 e. The maximum absolute atomic E-state index is 14.0. The second kappa shape index (κ2) is 33.8. The Balaban J connectivity index is 0.0000126. The molecular weight excluding hydrogens is 961 g/mol. The van der Waals surface area contributed by atoms with E-state index in [4.69, 9.17) is 5.11 Å². The number of carboxylic acid groups (broad SMARTS) is 3. The largest absolute Gasteiger partial charge is 0.481 e. The van der Waals surface area contributed by atoms with Crippen molar-refractivity contribution in [3.05, 3.63) is 0 Å². The molecule has 0 aromatic heterocycles. The molecule has 2 rings (SSSR count). The van der Waals surface area contributed by atoms with Crippen molar-refractivity contribution in [1.29, 1.82) is 0 Å². The molecule has 11 N–H and O–H groups in total. The summed E-state index contributed by atoms with van der Waals surface area (Å²) in [6, 6.07) is -10.3. The second-order valence-electron chi connectivity index (χ2n) is 17.8. The molecule has 9 amide bonds. The van der Waals surface area contributed by atoms with Crippen LogP contribution in [0.1, 0.15) is 121 Å². The van der Waals surface area contributed by atoms with Gasteiger partial charge in [0.1, 0.15) is 42.5 Å². The van der Waals surface area contributed by atoms with Gasteiger partial charge < -0.3 is 72.4 Å². The molecule has 2 heterocycles. The lowest BCUT2D eigenvalue weighted by atomic mass is 9.97. The van der Waals surface area contributed by atoms with Crippen molar-refractivity contribution in [2.24, 2.45) is 17.8 Å². The normalized spacial score (nSPS) is 17.9. The van der Waals surface area contributed by atoms with E-state index in [0.717, 1.165) is 6.92 Å². The minimum atomic E-state index is -1.93. The summed E-state index contributed by atoms with van der Waals surface area (Å²) in [6.07, 6.45) is -0.227. The van der Waals surface area contributed by atoms with Crippen LogP contribution < -0.4 is 42.5 Å². The van der Waals surface area contributed by atoms with Gasteiger partial charge in [0.15, 0.2) is 0 Å². The fourth-order valence-electron chi connectivity index (χ4n) is 7.75. The summed E-state index contributed by atoms with van der Waals surface area (Å²) in [6.45, 7) is 17.0. The van der Waals surface area contributed by atoms with Crippen LogP contribution >= 0.6 is 0 Å². The van der Waals surface area contributed by atoms with E-state index in [1.807, 2.05) is 38.3 Å². The van der Waals surface area contributed by atoms with Crippen molar-refractivity contribution in [2.75, 3.05) is 33.2 Å². The van der Waals surface area contributed by atoms with Gasteiger partial charge in [0.25, 0.3) is 0 Å². The molecule has 73 heavy (non-hydrogen) atoms. The first-order chi connectivity index (χ1) is 34.3. The number of nitrogens with one attached hydrogen (secondary N) is 8. The number of hydrogen-bond donors (Lipinski definition) is 11. The van der Waals surface area contributed by atoms with Crippen LogP contribution in [-0.2, 0) is 62.3 Å². The van der Waals surface area contributed by atoms with Crippen molar-refractivity contribution in [2.45, 2.75) is 169 Å². The summed E-state index contributed by atoms with van der Waals surface area (Å²) >= 11 is 0. The van der Waals surface area contributed by atoms with Crippen LogP contribution in [0.4, 0.5) is 0 Å². The monoisotopic (exact) mass is 1040 g/mol. The Hall–Kier alpha value is -6.73. The number of aliphatic carboxylic acids is 3. The molecule has 2 aliphatic heterocycles. The van der Waals surface area contributed by atoms with E-state index in [0.29, 0.717) is 25.7 Å². The predicted molar refractivity (Wildman–Crippen MR) is 263 cm³/mol. The fourth-order valence-corrected chi connectivity index (χ4v) is 7.75. The first-order valence-electron chi connectivity index (χ1n) is 24.8. The highest BCUT2D eigenvalue weighted by molar-refractivity contribution is 5.99. The quantitative estimate of drug-likeness (QED) is 0.0406. The third-order valence-electron chi connectivity index (χ3n) is 11.5. The summed E-state index contributed by atoms with van der Waals surface area (Å²) < 4.78 is 0. The minimum absolute atomic E-state index is 0.0222. The van der Waals surface area contributed by atoms with Crippen molar-refractivity contribution < 1.29 is 77.6 Å². The highest BCUT2D eigenvalue weighted by Crippen LogP contribution is 2.23. The van der Waals surface area contributed by atoms with Crippen LogP contribution in [0.2, 0.25) is 0 Å². The Bertz CT molecular complexity index is 1930. The Morgan fingerprint density at radius 3 is 1.62 bits per heavy atom. The maximum Gasteiger partial charge on any atom is 0.308 e. The molecule has 0 radical (unpaired) electrons.